The van der Waals surface area contributed by atoms with Crippen LogP contribution in [0.4, 0.5) is 5.13 Å². The third-order valence-corrected chi connectivity index (χ3v) is 7.57. The van der Waals surface area contributed by atoms with Crippen LogP contribution in [0.5, 0.6) is 11.5 Å². The summed E-state index contributed by atoms with van der Waals surface area (Å²) in [6.45, 7) is 0.234. The van der Waals surface area contributed by atoms with E-state index in [1.807, 2.05) is 42.6 Å². The molecule has 29 heavy (non-hydrogen) atoms. The smallest absolute Gasteiger partial charge is 0.236 e. The molecule has 5 nitrogen and oxygen atoms in total. The number of nitrogens with zero attached hydrogens (tertiary/aromatic N) is 1. The molecule has 148 valence electrons. The Bertz CT molecular complexity index is 1050. The van der Waals surface area contributed by atoms with Gasteiger partial charge in [-0.1, -0.05) is 36.4 Å². The van der Waals surface area contributed by atoms with Crippen molar-refractivity contribution >= 4 is 34.1 Å². The number of ether oxygens (including phenoxy) is 2. The molecule has 5 rings (SSSR count). The Labute approximate surface area is 177 Å². The van der Waals surface area contributed by atoms with E-state index in [9.17, 15) is 4.79 Å². The highest BCUT2D eigenvalue weighted by Crippen LogP contribution is 2.51. The summed E-state index contributed by atoms with van der Waals surface area (Å²) >= 11 is 3.31. The molecule has 2 heterocycles. The maximum Gasteiger partial charge on any atom is 0.236 e. The number of fused-ring (bicyclic) bond motifs is 1. The van der Waals surface area contributed by atoms with Crippen LogP contribution in [0.3, 0.4) is 0 Å². The molecule has 1 N–H and O–H groups in total. The Morgan fingerprint density at radius 3 is 2.72 bits per heavy atom. The van der Waals surface area contributed by atoms with Crippen molar-refractivity contribution < 1.29 is 14.3 Å². The van der Waals surface area contributed by atoms with Gasteiger partial charge in [0.2, 0.25) is 12.7 Å². The molecular formula is C22H20N2O3S2. The minimum Gasteiger partial charge on any atom is -0.454 e. The summed E-state index contributed by atoms with van der Waals surface area (Å²) < 4.78 is 10.9. The first kappa shape index (κ1) is 18.5. The van der Waals surface area contributed by atoms with Crippen molar-refractivity contribution in [2.45, 2.75) is 23.5 Å². The highest BCUT2D eigenvalue weighted by atomic mass is 32.2. The average Bonchev–Trinajstić information content (AvgIpc) is 3.21. The first-order valence-corrected chi connectivity index (χ1v) is 11.5. The monoisotopic (exact) mass is 424 g/mol. The predicted molar refractivity (Wildman–Crippen MR) is 116 cm³/mol. The number of anilines is 1. The van der Waals surface area contributed by atoms with Crippen molar-refractivity contribution in [3.8, 4) is 11.5 Å². The summed E-state index contributed by atoms with van der Waals surface area (Å²) in [7, 11) is 0. The number of nitrogens with one attached hydrogen (secondary N) is 1. The van der Waals surface area contributed by atoms with Gasteiger partial charge in [-0.25, -0.2) is 4.98 Å². The van der Waals surface area contributed by atoms with E-state index in [4.69, 9.17) is 9.47 Å². The van der Waals surface area contributed by atoms with Crippen molar-refractivity contribution in [2.75, 3.05) is 18.4 Å². The lowest BCUT2D eigenvalue weighted by Crippen LogP contribution is -2.27. The number of hydrogen-bond acceptors (Lipinski definition) is 6. The number of amides is 1. The van der Waals surface area contributed by atoms with Gasteiger partial charge in [0.15, 0.2) is 16.6 Å². The van der Waals surface area contributed by atoms with Crippen LogP contribution in [-0.4, -0.2) is 23.9 Å². The van der Waals surface area contributed by atoms with Crippen molar-refractivity contribution in [3.63, 3.8) is 0 Å². The topological polar surface area (TPSA) is 60.5 Å². The first-order chi connectivity index (χ1) is 14.2. The second-order valence-electron chi connectivity index (χ2n) is 7.20. The molecule has 0 spiro atoms. The Balaban J connectivity index is 1.34. The van der Waals surface area contributed by atoms with Crippen molar-refractivity contribution in [3.05, 3.63) is 70.7 Å². The average molecular weight is 425 g/mol. The van der Waals surface area contributed by atoms with Gasteiger partial charge >= 0.3 is 0 Å². The molecule has 1 aliphatic heterocycles. The van der Waals surface area contributed by atoms with E-state index in [0.29, 0.717) is 10.9 Å². The minimum absolute atomic E-state index is 0.00215. The molecule has 1 aromatic heterocycles. The first-order valence-electron chi connectivity index (χ1n) is 9.45. The zero-order chi connectivity index (χ0) is 19.8. The van der Waals surface area contributed by atoms with Crippen LogP contribution in [-0.2, 0) is 10.2 Å². The number of rotatable bonds is 6. The van der Waals surface area contributed by atoms with E-state index < -0.39 is 5.41 Å². The van der Waals surface area contributed by atoms with E-state index in [-0.39, 0.29) is 18.0 Å². The molecule has 1 unspecified atom stereocenters. The fourth-order valence-electron chi connectivity index (χ4n) is 3.69. The molecule has 0 radical (unpaired) electrons. The number of carbonyl (C=O) groups excluding carboxylic acids is 1. The Morgan fingerprint density at radius 1 is 1.17 bits per heavy atom. The zero-order valence-corrected chi connectivity index (χ0v) is 17.5. The highest BCUT2D eigenvalue weighted by molar-refractivity contribution is 7.99. The number of thioether (sulfide) groups is 1. The number of thiazole rings is 1. The molecule has 1 amide bonds. The lowest BCUT2D eigenvalue weighted by atomic mass is 9.94. The zero-order valence-electron chi connectivity index (χ0n) is 15.9. The van der Waals surface area contributed by atoms with E-state index in [2.05, 4.69) is 28.7 Å². The predicted octanol–water partition coefficient (Wildman–Crippen LogP) is 4.99. The summed E-state index contributed by atoms with van der Waals surface area (Å²) in [6.07, 6.45) is 5.62. The molecule has 2 aliphatic rings. The summed E-state index contributed by atoms with van der Waals surface area (Å²) in [5.74, 6) is 1.44. The Kier molecular flexibility index (Phi) is 4.72. The highest BCUT2D eigenvalue weighted by Gasteiger charge is 2.52. The minimum atomic E-state index is -0.495. The number of carbonyl (C=O) groups is 1. The summed E-state index contributed by atoms with van der Waals surface area (Å²) in [4.78, 5) is 18.7. The van der Waals surface area contributed by atoms with E-state index in [0.717, 1.165) is 29.0 Å². The standard InChI is InChI=1S/C22H20N2O3S2/c1-28-19(14-5-3-2-4-6-14)18-12-23-21(29-18)24-20(25)22(9-10-22)15-7-8-16-17(11-15)27-13-26-16/h2-8,11-12,19H,9-10,13H2,1H3,(H,23,24,25). The van der Waals surface area contributed by atoms with Gasteiger partial charge in [0.1, 0.15) is 0 Å². The van der Waals surface area contributed by atoms with Crippen LogP contribution in [0.1, 0.15) is 34.1 Å². The molecule has 1 saturated carbocycles. The molecule has 1 fully saturated rings. The molecule has 1 aliphatic carbocycles. The number of hydrogen-bond donors (Lipinski definition) is 1. The summed E-state index contributed by atoms with van der Waals surface area (Å²) in [6, 6.07) is 16.1. The second-order valence-corrected chi connectivity index (χ2v) is 9.20. The van der Waals surface area contributed by atoms with Crippen LogP contribution in [0.25, 0.3) is 0 Å². The number of aromatic nitrogens is 1. The normalized spacial score (nSPS) is 17.0. The largest absolute Gasteiger partial charge is 0.454 e. The van der Waals surface area contributed by atoms with Gasteiger partial charge in [0, 0.05) is 11.1 Å². The molecule has 3 aromatic rings. The van der Waals surface area contributed by atoms with E-state index >= 15 is 0 Å². The van der Waals surface area contributed by atoms with E-state index in [1.165, 1.54) is 16.9 Å². The molecule has 2 aromatic carbocycles. The van der Waals surface area contributed by atoms with Gasteiger partial charge in [-0.2, -0.15) is 11.8 Å². The third-order valence-electron chi connectivity index (χ3n) is 5.45. The lowest BCUT2D eigenvalue weighted by molar-refractivity contribution is -0.118. The van der Waals surface area contributed by atoms with E-state index in [1.54, 1.807) is 11.8 Å². The van der Waals surface area contributed by atoms with Crippen molar-refractivity contribution in [1.82, 2.24) is 4.98 Å². The van der Waals surface area contributed by atoms with Crippen LogP contribution >= 0.6 is 23.1 Å². The number of benzene rings is 2. The van der Waals surface area contributed by atoms with Gasteiger partial charge in [0.25, 0.3) is 0 Å². The summed E-state index contributed by atoms with van der Waals surface area (Å²) in [5.41, 5.74) is 1.72. The van der Waals surface area contributed by atoms with Crippen molar-refractivity contribution in [2.24, 2.45) is 0 Å². The maximum absolute atomic E-state index is 13.1. The quantitative estimate of drug-likeness (QED) is 0.604. The van der Waals surface area contributed by atoms with Crippen molar-refractivity contribution in [1.29, 1.82) is 0 Å². The maximum atomic E-state index is 13.1. The van der Waals surface area contributed by atoms with Gasteiger partial charge in [-0.15, -0.1) is 11.3 Å². The second kappa shape index (κ2) is 7.39. The SMILES string of the molecule is CSC(c1ccccc1)c1cnc(NC(=O)C2(c3ccc4c(c3)OCO4)CC2)s1. The molecule has 0 saturated heterocycles. The van der Waals surface area contributed by atoms with Gasteiger partial charge < -0.3 is 14.8 Å². The molecule has 7 heteroatoms. The van der Waals surface area contributed by atoms with Gasteiger partial charge in [0.05, 0.1) is 10.7 Å². The lowest BCUT2D eigenvalue weighted by Gasteiger charge is -2.15. The third kappa shape index (κ3) is 3.38. The van der Waals surface area contributed by atoms with Crippen LogP contribution in [0, 0.1) is 0 Å². The Morgan fingerprint density at radius 2 is 1.97 bits per heavy atom. The molecular weight excluding hydrogens is 404 g/mol. The summed E-state index contributed by atoms with van der Waals surface area (Å²) in [5, 5.41) is 3.91. The molecule has 1 atom stereocenters. The Hall–Kier alpha value is -2.51. The van der Waals surface area contributed by atoms with Crippen LogP contribution in [0.2, 0.25) is 0 Å². The fourth-order valence-corrected chi connectivity index (χ4v) is 5.67. The van der Waals surface area contributed by atoms with Crippen LogP contribution < -0.4 is 14.8 Å². The molecule has 0 bridgehead atoms. The van der Waals surface area contributed by atoms with Crippen LogP contribution in [0.15, 0.2) is 54.7 Å². The van der Waals surface area contributed by atoms with Gasteiger partial charge in [-0.05, 0) is 42.4 Å². The fraction of sp³-hybridized carbons (Fsp3) is 0.273. The van der Waals surface area contributed by atoms with Gasteiger partial charge in [-0.3, -0.25) is 4.79 Å².